The number of hydrogen-bond donors (Lipinski definition) is 4. The molecule has 2 atom stereocenters. The summed E-state index contributed by atoms with van der Waals surface area (Å²) < 4.78 is 0. The third-order valence-corrected chi connectivity index (χ3v) is 5.87. The van der Waals surface area contributed by atoms with Crippen molar-refractivity contribution in [1.29, 1.82) is 0 Å². The zero-order chi connectivity index (χ0) is 20.4. The third-order valence-electron chi connectivity index (χ3n) is 5.87. The average Bonchev–Trinajstić information content (AvgIpc) is 3.21. The Balaban J connectivity index is 1.95. The lowest BCUT2D eigenvalue weighted by atomic mass is 9.84. The number of likely N-dealkylation sites (tertiary alicyclic amines) is 1. The Labute approximate surface area is 167 Å². The highest BCUT2D eigenvalue weighted by molar-refractivity contribution is 5.89. The summed E-state index contributed by atoms with van der Waals surface area (Å²) in [6, 6.07) is -2.13. The summed E-state index contributed by atoms with van der Waals surface area (Å²) in [5.74, 6) is -0.666. The molecule has 0 radical (unpaired) electrons. The van der Waals surface area contributed by atoms with E-state index < -0.39 is 24.1 Å². The molecule has 0 spiro atoms. The van der Waals surface area contributed by atoms with Gasteiger partial charge in [0.15, 0.2) is 0 Å². The number of carbonyl (C=O) groups is 3. The highest BCUT2D eigenvalue weighted by atomic mass is 16.4. The predicted molar refractivity (Wildman–Crippen MR) is 107 cm³/mol. The SMILES string of the molecule is NCCCCC(NC(=O)N[C@H](CC1CCCCC1)C(=O)N1CCCC1)C(=O)O. The molecule has 0 bridgehead atoms. The van der Waals surface area contributed by atoms with Gasteiger partial charge in [0.25, 0.3) is 0 Å². The van der Waals surface area contributed by atoms with E-state index in [1.165, 1.54) is 19.3 Å². The van der Waals surface area contributed by atoms with Crippen LogP contribution in [0.3, 0.4) is 0 Å². The standard InChI is InChI=1S/C20H36N4O4/c21-11-5-4-10-16(19(26)27)22-20(28)23-17(14-15-8-2-1-3-9-15)18(25)24-12-6-7-13-24/h15-17H,1-14,21H2,(H,26,27)(H2,22,23,28)/t16?,17-/m1/s1. The molecule has 8 nitrogen and oxygen atoms in total. The summed E-state index contributed by atoms with van der Waals surface area (Å²) in [6.45, 7) is 1.96. The number of carboxylic acid groups (broad SMARTS) is 1. The summed E-state index contributed by atoms with van der Waals surface area (Å²) in [5.41, 5.74) is 5.45. The van der Waals surface area contributed by atoms with Crippen LogP contribution in [0.4, 0.5) is 4.79 Å². The van der Waals surface area contributed by atoms with Gasteiger partial charge in [-0.15, -0.1) is 0 Å². The molecule has 28 heavy (non-hydrogen) atoms. The quantitative estimate of drug-likeness (QED) is 0.419. The van der Waals surface area contributed by atoms with Crippen LogP contribution in [0.1, 0.15) is 70.6 Å². The van der Waals surface area contributed by atoms with Crippen LogP contribution in [-0.2, 0) is 9.59 Å². The van der Waals surface area contributed by atoms with Gasteiger partial charge in [0.1, 0.15) is 12.1 Å². The van der Waals surface area contributed by atoms with Crippen molar-refractivity contribution in [2.24, 2.45) is 11.7 Å². The fourth-order valence-electron chi connectivity index (χ4n) is 4.24. The second-order valence-corrected chi connectivity index (χ2v) is 8.12. The summed E-state index contributed by atoms with van der Waals surface area (Å²) in [6.07, 6.45) is 10.0. The van der Waals surface area contributed by atoms with Crippen LogP contribution >= 0.6 is 0 Å². The van der Waals surface area contributed by atoms with Gasteiger partial charge in [-0.3, -0.25) is 4.79 Å². The molecule has 1 aliphatic carbocycles. The molecular formula is C20H36N4O4. The largest absolute Gasteiger partial charge is 0.480 e. The number of hydrogen-bond acceptors (Lipinski definition) is 4. The first-order valence-electron chi connectivity index (χ1n) is 10.8. The van der Waals surface area contributed by atoms with E-state index in [0.29, 0.717) is 38.1 Å². The number of rotatable bonds is 10. The first-order chi connectivity index (χ1) is 13.5. The number of nitrogens with zero attached hydrogens (tertiary/aromatic N) is 1. The van der Waals surface area contributed by atoms with E-state index >= 15 is 0 Å². The Kier molecular flexibility index (Phi) is 9.54. The molecule has 0 aromatic heterocycles. The van der Waals surface area contributed by atoms with Gasteiger partial charge in [-0.1, -0.05) is 32.1 Å². The highest BCUT2D eigenvalue weighted by Gasteiger charge is 2.31. The first-order valence-corrected chi connectivity index (χ1v) is 10.8. The Morgan fingerprint density at radius 2 is 1.61 bits per heavy atom. The average molecular weight is 397 g/mol. The van der Waals surface area contributed by atoms with Crippen LogP contribution in [0.15, 0.2) is 0 Å². The van der Waals surface area contributed by atoms with Crippen molar-refractivity contribution < 1.29 is 19.5 Å². The van der Waals surface area contributed by atoms with Gasteiger partial charge in [-0.25, -0.2) is 9.59 Å². The Morgan fingerprint density at radius 1 is 0.964 bits per heavy atom. The summed E-state index contributed by atoms with van der Waals surface area (Å²) in [7, 11) is 0. The molecule has 160 valence electrons. The third kappa shape index (κ3) is 7.30. The van der Waals surface area contributed by atoms with Crippen LogP contribution in [-0.4, -0.2) is 59.6 Å². The molecular weight excluding hydrogens is 360 g/mol. The van der Waals surface area contributed by atoms with Gasteiger partial charge in [-0.2, -0.15) is 0 Å². The van der Waals surface area contributed by atoms with Gasteiger partial charge >= 0.3 is 12.0 Å². The van der Waals surface area contributed by atoms with E-state index in [-0.39, 0.29) is 5.91 Å². The van der Waals surface area contributed by atoms with Gasteiger partial charge < -0.3 is 26.4 Å². The zero-order valence-corrected chi connectivity index (χ0v) is 16.8. The number of carboxylic acids is 1. The second kappa shape index (κ2) is 11.9. The van der Waals surface area contributed by atoms with Crippen molar-refractivity contribution in [2.75, 3.05) is 19.6 Å². The van der Waals surface area contributed by atoms with Crippen molar-refractivity contribution >= 4 is 17.9 Å². The molecule has 1 unspecified atom stereocenters. The van der Waals surface area contributed by atoms with E-state index in [2.05, 4.69) is 10.6 Å². The number of nitrogens with two attached hydrogens (primary N) is 1. The molecule has 2 fully saturated rings. The Morgan fingerprint density at radius 3 is 2.21 bits per heavy atom. The lowest BCUT2D eigenvalue weighted by Gasteiger charge is -2.29. The normalized spacial score (nSPS) is 19.8. The summed E-state index contributed by atoms with van der Waals surface area (Å²) in [4.78, 5) is 38.7. The molecule has 1 aliphatic heterocycles. The van der Waals surface area contributed by atoms with E-state index in [4.69, 9.17) is 5.73 Å². The molecule has 5 N–H and O–H groups in total. The summed E-state index contributed by atoms with van der Waals surface area (Å²) in [5, 5.41) is 14.7. The van der Waals surface area contributed by atoms with Crippen molar-refractivity contribution in [3.63, 3.8) is 0 Å². The monoisotopic (exact) mass is 396 g/mol. The molecule has 2 aliphatic rings. The summed E-state index contributed by atoms with van der Waals surface area (Å²) >= 11 is 0. The molecule has 2 rings (SSSR count). The Bertz CT molecular complexity index is 516. The maximum Gasteiger partial charge on any atom is 0.326 e. The minimum Gasteiger partial charge on any atom is -0.480 e. The number of aliphatic carboxylic acids is 1. The molecule has 8 heteroatoms. The molecule has 1 saturated carbocycles. The molecule has 3 amide bonds. The van der Waals surface area contributed by atoms with E-state index in [1.54, 1.807) is 0 Å². The van der Waals surface area contributed by atoms with Crippen molar-refractivity contribution in [3.8, 4) is 0 Å². The fourth-order valence-corrected chi connectivity index (χ4v) is 4.24. The van der Waals surface area contributed by atoms with Gasteiger partial charge in [0.05, 0.1) is 0 Å². The number of carbonyl (C=O) groups excluding carboxylic acids is 2. The first kappa shape index (κ1) is 22.5. The van der Waals surface area contributed by atoms with Gasteiger partial charge in [0, 0.05) is 13.1 Å². The predicted octanol–water partition coefficient (Wildman–Crippen LogP) is 1.83. The maximum atomic E-state index is 12.9. The lowest BCUT2D eigenvalue weighted by Crippen LogP contribution is -2.54. The van der Waals surface area contributed by atoms with E-state index in [1.807, 2.05) is 4.90 Å². The second-order valence-electron chi connectivity index (χ2n) is 8.12. The van der Waals surface area contributed by atoms with Crippen LogP contribution in [0.2, 0.25) is 0 Å². The topological polar surface area (TPSA) is 125 Å². The lowest BCUT2D eigenvalue weighted by molar-refractivity contribution is -0.139. The fraction of sp³-hybridized carbons (Fsp3) is 0.850. The van der Waals surface area contributed by atoms with Crippen LogP contribution in [0.25, 0.3) is 0 Å². The number of nitrogens with one attached hydrogen (secondary N) is 2. The van der Waals surface area contributed by atoms with E-state index in [0.717, 1.165) is 38.8 Å². The van der Waals surface area contributed by atoms with Crippen LogP contribution in [0, 0.1) is 5.92 Å². The molecule has 0 aromatic carbocycles. The molecule has 1 saturated heterocycles. The van der Waals surface area contributed by atoms with Gasteiger partial charge in [0.2, 0.25) is 5.91 Å². The molecule has 0 aromatic rings. The minimum atomic E-state index is -1.07. The van der Waals surface area contributed by atoms with Crippen LogP contribution in [0.5, 0.6) is 0 Å². The Hall–Kier alpha value is -1.83. The van der Waals surface area contributed by atoms with E-state index in [9.17, 15) is 19.5 Å². The zero-order valence-electron chi connectivity index (χ0n) is 16.8. The number of urea groups is 1. The van der Waals surface area contributed by atoms with Crippen molar-refractivity contribution in [2.45, 2.75) is 82.7 Å². The number of amides is 3. The van der Waals surface area contributed by atoms with Crippen molar-refractivity contribution in [1.82, 2.24) is 15.5 Å². The van der Waals surface area contributed by atoms with Crippen molar-refractivity contribution in [3.05, 3.63) is 0 Å². The highest BCUT2D eigenvalue weighted by Crippen LogP contribution is 2.28. The minimum absolute atomic E-state index is 0.0340. The van der Waals surface area contributed by atoms with Crippen LogP contribution < -0.4 is 16.4 Å². The smallest absolute Gasteiger partial charge is 0.326 e. The molecule has 1 heterocycles. The number of unbranched alkanes of at least 4 members (excludes halogenated alkanes) is 1. The van der Waals surface area contributed by atoms with Gasteiger partial charge in [-0.05, 0) is 51.0 Å². The maximum absolute atomic E-state index is 12.9.